The molecule has 1 atom stereocenters. The van der Waals surface area contributed by atoms with Crippen molar-refractivity contribution in [2.24, 2.45) is 0 Å². The molecule has 0 aromatic carbocycles. The number of aliphatic hydroxyl groups excluding tert-OH is 1. The molecule has 19 heavy (non-hydrogen) atoms. The van der Waals surface area contributed by atoms with Crippen LogP contribution >= 0.6 is 11.3 Å². The molecular weight excluding hydrogens is 262 g/mol. The van der Waals surface area contributed by atoms with Crippen LogP contribution in [-0.2, 0) is 12.0 Å². The van der Waals surface area contributed by atoms with Crippen molar-refractivity contribution in [3.63, 3.8) is 0 Å². The molecular formula is C13H23N3O2S. The van der Waals surface area contributed by atoms with Gasteiger partial charge in [0.1, 0.15) is 0 Å². The van der Waals surface area contributed by atoms with Crippen LogP contribution in [0.3, 0.4) is 0 Å². The molecule has 6 heteroatoms. The molecule has 1 aromatic heterocycles. The zero-order chi connectivity index (χ0) is 14.5. The molecule has 0 saturated carbocycles. The summed E-state index contributed by atoms with van der Waals surface area (Å²) in [6, 6.07) is -0.466. The smallest absolute Gasteiger partial charge is 0.315 e. The van der Waals surface area contributed by atoms with Crippen LogP contribution in [0.25, 0.3) is 0 Å². The predicted octanol–water partition coefficient (Wildman–Crippen LogP) is 2.01. The Morgan fingerprint density at radius 1 is 1.53 bits per heavy atom. The molecule has 0 saturated heterocycles. The Bertz CT molecular complexity index is 408. The van der Waals surface area contributed by atoms with Gasteiger partial charge in [-0.15, -0.1) is 11.3 Å². The monoisotopic (exact) mass is 285 g/mol. The molecule has 0 aliphatic heterocycles. The van der Waals surface area contributed by atoms with Crippen LogP contribution < -0.4 is 10.6 Å². The van der Waals surface area contributed by atoms with Gasteiger partial charge in [-0.1, -0.05) is 27.7 Å². The number of amides is 2. The second kappa shape index (κ2) is 6.86. The van der Waals surface area contributed by atoms with Crippen LogP contribution in [0, 0.1) is 0 Å². The van der Waals surface area contributed by atoms with E-state index in [4.69, 9.17) is 5.11 Å². The molecule has 0 radical (unpaired) electrons. The van der Waals surface area contributed by atoms with Crippen LogP contribution in [-0.4, -0.2) is 28.8 Å². The highest BCUT2D eigenvalue weighted by Gasteiger charge is 2.18. The third-order valence-electron chi connectivity index (χ3n) is 2.67. The SMILES string of the molecule is CC[C@@H](CO)NC(=O)NCc1csc(C(C)(C)C)n1. The molecule has 2 amide bonds. The highest BCUT2D eigenvalue weighted by atomic mass is 32.1. The number of aromatic nitrogens is 1. The summed E-state index contributed by atoms with van der Waals surface area (Å²) >= 11 is 1.61. The number of urea groups is 1. The van der Waals surface area contributed by atoms with Gasteiger partial charge in [-0.2, -0.15) is 0 Å². The summed E-state index contributed by atoms with van der Waals surface area (Å²) in [7, 11) is 0. The first-order valence-electron chi connectivity index (χ1n) is 6.47. The zero-order valence-corrected chi connectivity index (χ0v) is 12.8. The number of carbonyl (C=O) groups excluding carboxylic acids is 1. The molecule has 1 aromatic rings. The molecule has 0 unspecified atom stereocenters. The quantitative estimate of drug-likeness (QED) is 0.774. The van der Waals surface area contributed by atoms with E-state index < -0.39 is 0 Å². The second-order valence-corrected chi connectivity index (χ2v) is 6.37. The Labute approximate surface area is 118 Å². The highest BCUT2D eigenvalue weighted by molar-refractivity contribution is 7.09. The molecule has 0 bridgehead atoms. The maximum absolute atomic E-state index is 11.6. The Hall–Kier alpha value is -1.14. The Morgan fingerprint density at radius 3 is 2.68 bits per heavy atom. The number of hydrogen-bond acceptors (Lipinski definition) is 4. The fourth-order valence-corrected chi connectivity index (χ4v) is 2.32. The minimum atomic E-state index is -0.272. The molecule has 3 N–H and O–H groups in total. The Kier molecular flexibility index (Phi) is 5.75. The van der Waals surface area contributed by atoms with Crippen molar-refractivity contribution in [3.05, 3.63) is 16.1 Å². The molecule has 0 aliphatic rings. The number of carbonyl (C=O) groups is 1. The topological polar surface area (TPSA) is 74.2 Å². The molecule has 108 valence electrons. The molecule has 0 aliphatic carbocycles. The molecule has 0 spiro atoms. The van der Waals surface area contributed by atoms with Crippen molar-refractivity contribution in [1.29, 1.82) is 0 Å². The third-order valence-corrected chi connectivity index (χ3v) is 3.99. The van der Waals surface area contributed by atoms with Crippen LogP contribution in [0.5, 0.6) is 0 Å². The summed E-state index contributed by atoms with van der Waals surface area (Å²) < 4.78 is 0. The van der Waals surface area contributed by atoms with E-state index in [-0.39, 0.29) is 24.1 Å². The van der Waals surface area contributed by atoms with Gasteiger partial charge in [0.25, 0.3) is 0 Å². The van der Waals surface area contributed by atoms with Crippen molar-refractivity contribution in [2.45, 2.75) is 52.1 Å². The van der Waals surface area contributed by atoms with E-state index in [1.165, 1.54) is 0 Å². The van der Waals surface area contributed by atoms with Crippen LogP contribution in [0.15, 0.2) is 5.38 Å². The van der Waals surface area contributed by atoms with Gasteiger partial charge in [-0.25, -0.2) is 9.78 Å². The lowest BCUT2D eigenvalue weighted by Gasteiger charge is -2.14. The number of hydrogen-bond donors (Lipinski definition) is 3. The summed E-state index contributed by atoms with van der Waals surface area (Å²) in [4.78, 5) is 16.1. The van der Waals surface area contributed by atoms with Gasteiger partial charge in [-0.3, -0.25) is 0 Å². The van der Waals surface area contributed by atoms with Crippen molar-refractivity contribution in [2.75, 3.05) is 6.61 Å². The summed E-state index contributed by atoms with van der Waals surface area (Å²) in [6.45, 7) is 8.61. The number of aliphatic hydroxyl groups is 1. The largest absolute Gasteiger partial charge is 0.394 e. The first-order valence-corrected chi connectivity index (χ1v) is 7.35. The summed E-state index contributed by atoms with van der Waals surface area (Å²) in [5, 5.41) is 17.5. The number of nitrogens with zero attached hydrogens (tertiary/aromatic N) is 1. The summed E-state index contributed by atoms with van der Waals surface area (Å²) in [6.07, 6.45) is 0.703. The van der Waals surface area contributed by atoms with Crippen LogP contribution in [0.1, 0.15) is 44.8 Å². The van der Waals surface area contributed by atoms with Crippen molar-refractivity contribution >= 4 is 17.4 Å². The first-order chi connectivity index (χ1) is 8.86. The van der Waals surface area contributed by atoms with E-state index in [9.17, 15) is 4.79 Å². The molecule has 5 nitrogen and oxygen atoms in total. The van der Waals surface area contributed by atoms with E-state index >= 15 is 0 Å². The van der Waals surface area contributed by atoms with Gasteiger partial charge in [0.15, 0.2) is 0 Å². The van der Waals surface area contributed by atoms with Crippen LogP contribution in [0.4, 0.5) is 4.79 Å². The molecule has 0 fully saturated rings. The zero-order valence-electron chi connectivity index (χ0n) is 12.0. The Morgan fingerprint density at radius 2 is 2.21 bits per heavy atom. The van der Waals surface area contributed by atoms with Crippen molar-refractivity contribution < 1.29 is 9.90 Å². The van der Waals surface area contributed by atoms with E-state index in [0.29, 0.717) is 13.0 Å². The lowest BCUT2D eigenvalue weighted by Crippen LogP contribution is -2.43. The fraction of sp³-hybridized carbons (Fsp3) is 0.692. The van der Waals surface area contributed by atoms with Crippen molar-refractivity contribution in [3.8, 4) is 0 Å². The minimum absolute atomic E-state index is 0.0371. The van der Waals surface area contributed by atoms with Gasteiger partial charge in [0.05, 0.1) is 29.9 Å². The predicted molar refractivity (Wildman–Crippen MR) is 77.4 cm³/mol. The number of nitrogens with one attached hydrogen (secondary N) is 2. The first kappa shape index (κ1) is 15.9. The van der Waals surface area contributed by atoms with Gasteiger partial charge in [-0.05, 0) is 6.42 Å². The van der Waals surface area contributed by atoms with Crippen molar-refractivity contribution in [1.82, 2.24) is 15.6 Å². The average Bonchev–Trinajstić information content (AvgIpc) is 2.82. The Balaban J connectivity index is 2.44. The maximum atomic E-state index is 11.6. The maximum Gasteiger partial charge on any atom is 0.315 e. The van der Waals surface area contributed by atoms with E-state index in [1.807, 2.05) is 12.3 Å². The van der Waals surface area contributed by atoms with Crippen LogP contribution in [0.2, 0.25) is 0 Å². The number of rotatable bonds is 5. The lowest BCUT2D eigenvalue weighted by molar-refractivity contribution is 0.214. The summed E-state index contributed by atoms with van der Waals surface area (Å²) in [5.41, 5.74) is 0.900. The van der Waals surface area contributed by atoms with Gasteiger partial charge < -0.3 is 15.7 Å². The lowest BCUT2D eigenvalue weighted by atomic mass is 9.98. The average molecular weight is 285 g/mol. The standard InChI is InChI=1S/C13H23N3O2S/c1-5-9(7-17)16-12(18)14-6-10-8-19-11(15-10)13(2,3)4/h8-9,17H,5-7H2,1-4H3,(H2,14,16,18)/t9-/m0/s1. The summed E-state index contributed by atoms with van der Waals surface area (Å²) in [5.74, 6) is 0. The highest BCUT2D eigenvalue weighted by Crippen LogP contribution is 2.25. The molecule has 1 heterocycles. The third kappa shape index (κ3) is 5.16. The van der Waals surface area contributed by atoms with Gasteiger partial charge >= 0.3 is 6.03 Å². The van der Waals surface area contributed by atoms with E-state index in [1.54, 1.807) is 11.3 Å². The normalized spacial score (nSPS) is 13.1. The molecule has 1 rings (SSSR count). The number of thiazole rings is 1. The van der Waals surface area contributed by atoms with Gasteiger partial charge in [0, 0.05) is 10.8 Å². The van der Waals surface area contributed by atoms with E-state index in [0.717, 1.165) is 10.7 Å². The second-order valence-electron chi connectivity index (χ2n) is 5.51. The minimum Gasteiger partial charge on any atom is -0.394 e. The van der Waals surface area contributed by atoms with Gasteiger partial charge in [0.2, 0.25) is 0 Å². The fourth-order valence-electron chi connectivity index (χ4n) is 1.42. The van der Waals surface area contributed by atoms with E-state index in [2.05, 4.69) is 36.4 Å².